The molecular weight excluding hydrogens is 373 g/mol. The van der Waals surface area contributed by atoms with Gasteiger partial charge in [-0.2, -0.15) is 0 Å². The van der Waals surface area contributed by atoms with Crippen molar-refractivity contribution in [1.29, 1.82) is 0 Å². The second-order valence-electron chi connectivity index (χ2n) is 7.12. The fourth-order valence-electron chi connectivity index (χ4n) is 3.64. The first-order valence-corrected chi connectivity index (χ1v) is 10.3. The molecule has 142 valence electrons. The van der Waals surface area contributed by atoms with Crippen molar-refractivity contribution in [1.82, 2.24) is 4.98 Å². The summed E-state index contributed by atoms with van der Waals surface area (Å²) in [5, 5.41) is 3.37. The molecule has 3 aromatic rings. The van der Waals surface area contributed by atoms with Gasteiger partial charge in [0.05, 0.1) is 18.1 Å². The van der Waals surface area contributed by atoms with Crippen LogP contribution in [-0.2, 0) is 0 Å². The summed E-state index contributed by atoms with van der Waals surface area (Å²) in [4.78, 5) is 8.27. The molecule has 2 aliphatic heterocycles. The standard InChI is InChI=1S/C22H20FN3OS/c1-13-9-15(3-5-17(13)23)21-16(11-19-22(25-21)27-8-7-26(19)2)14-4-6-18-20(10-14)28-12-24-18/h3-6,9-11,24H,7-8,12H2,1-2H3. The van der Waals surface area contributed by atoms with Crippen molar-refractivity contribution in [3.8, 4) is 28.3 Å². The zero-order valence-corrected chi connectivity index (χ0v) is 16.6. The molecule has 0 unspecified atom stereocenters. The molecule has 2 aliphatic rings. The van der Waals surface area contributed by atoms with E-state index in [1.165, 1.54) is 16.6 Å². The molecule has 0 aliphatic carbocycles. The van der Waals surface area contributed by atoms with Gasteiger partial charge in [-0.05, 0) is 54.4 Å². The molecule has 0 radical (unpaired) electrons. The van der Waals surface area contributed by atoms with Gasteiger partial charge in [-0.25, -0.2) is 9.37 Å². The fourth-order valence-corrected chi connectivity index (χ4v) is 4.53. The maximum Gasteiger partial charge on any atom is 0.238 e. The maximum atomic E-state index is 13.9. The average Bonchev–Trinajstić information content (AvgIpc) is 3.17. The number of likely N-dealkylation sites (N-methyl/N-ethyl adjacent to an activating group) is 1. The van der Waals surface area contributed by atoms with Crippen LogP contribution in [0, 0.1) is 12.7 Å². The van der Waals surface area contributed by atoms with E-state index in [4.69, 9.17) is 9.72 Å². The van der Waals surface area contributed by atoms with E-state index in [0.717, 1.165) is 40.5 Å². The number of halogens is 1. The van der Waals surface area contributed by atoms with E-state index in [1.54, 1.807) is 24.8 Å². The summed E-state index contributed by atoms with van der Waals surface area (Å²) in [7, 11) is 2.05. The Labute approximate surface area is 167 Å². The van der Waals surface area contributed by atoms with Crippen molar-refractivity contribution < 1.29 is 9.13 Å². The molecular formula is C22H20FN3OS. The first-order chi connectivity index (χ1) is 13.6. The third-order valence-electron chi connectivity index (χ3n) is 5.26. The number of anilines is 2. The van der Waals surface area contributed by atoms with Crippen LogP contribution < -0.4 is 15.0 Å². The maximum absolute atomic E-state index is 13.9. The second kappa shape index (κ2) is 6.71. The number of hydrogen-bond acceptors (Lipinski definition) is 5. The monoisotopic (exact) mass is 393 g/mol. The van der Waals surface area contributed by atoms with Crippen LogP contribution in [0.3, 0.4) is 0 Å². The number of hydrogen-bond donors (Lipinski definition) is 1. The molecule has 6 heteroatoms. The van der Waals surface area contributed by atoms with Gasteiger partial charge in [0.15, 0.2) is 0 Å². The quantitative estimate of drug-likeness (QED) is 0.650. The number of benzene rings is 2. The Balaban J connectivity index is 1.73. The molecule has 0 bridgehead atoms. The molecule has 1 N–H and O–H groups in total. The van der Waals surface area contributed by atoms with Crippen LogP contribution in [-0.4, -0.2) is 31.1 Å². The lowest BCUT2D eigenvalue weighted by molar-refractivity contribution is 0.299. The third kappa shape index (κ3) is 2.88. The molecule has 28 heavy (non-hydrogen) atoms. The molecule has 0 atom stereocenters. The lowest BCUT2D eigenvalue weighted by Gasteiger charge is -2.28. The first kappa shape index (κ1) is 17.4. The number of nitrogens with one attached hydrogen (secondary N) is 1. The largest absolute Gasteiger partial charge is 0.474 e. The predicted molar refractivity (Wildman–Crippen MR) is 113 cm³/mol. The van der Waals surface area contributed by atoms with Crippen molar-refractivity contribution in [2.75, 3.05) is 36.3 Å². The van der Waals surface area contributed by atoms with Crippen LogP contribution in [0.2, 0.25) is 0 Å². The smallest absolute Gasteiger partial charge is 0.238 e. The summed E-state index contributed by atoms with van der Waals surface area (Å²) in [6.45, 7) is 3.21. The highest BCUT2D eigenvalue weighted by molar-refractivity contribution is 7.99. The lowest BCUT2D eigenvalue weighted by atomic mass is 9.97. The van der Waals surface area contributed by atoms with Gasteiger partial charge in [0.2, 0.25) is 5.88 Å². The number of aromatic nitrogens is 1. The normalized spacial score (nSPS) is 14.9. The van der Waals surface area contributed by atoms with Crippen LogP contribution in [0.5, 0.6) is 5.88 Å². The molecule has 5 rings (SSSR count). The Bertz CT molecular complexity index is 1090. The van der Waals surface area contributed by atoms with Crippen LogP contribution in [0.25, 0.3) is 22.4 Å². The van der Waals surface area contributed by atoms with E-state index in [0.29, 0.717) is 18.1 Å². The van der Waals surface area contributed by atoms with Crippen molar-refractivity contribution in [2.24, 2.45) is 0 Å². The van der Waals surface area contributed by atoms with E-state index in [1.807, 2.05) is 6.07 Å². The van der Waals surface area contributed by atoms with E-state index in [2.05, 4.69) is 41.5 Å². The highest BCUT2D eigenvalue weighted by Gasteiger charge is 2.22. The van der Waals surface area contributed by atoms with Crippen LogP contribution in [0.4, 0.5) is 15.8 Å². The minimum atomic E-state index is -0.209. The fraction of sp³-hybridized carbons (Fsp3) is 0.227. The van der Waals surface area contributed by atoms with Crippen LogP contribution >= 0.6 is 11.8 Å². The summed E-state index contributed by atoms with van der Waals surface area (Å²) in [6, 6.07) is 13.7. The summed E-state index contributed by atoms with van der Waals surface area (Å²) >= 11 is 1.80. The van der Waals surface area contributed by atoms with E-state index >= 15 is 0 Å². The van der Waals surface area contributed by atoms with Gasteiger partial charge in [-0.15, -0.1) is 11.8 Å². The molecule has 0 saturated carbocycles. The highest BCUT2D eigenvalue weighted by Crippen LogP contribution is 2.42. The van der Waals surface area contributed by atoms with Gasteiger partial charge in [0.1, 0.15) is 18.1 Å². The van der Waals surface area contributed by atoms with Gasteiger partial charge in [0.25, 0.3) is 0 Å². The van der Waals surface area contributed by atoms with Crippen molar-refractivity contribution in [2.45, 2.75) is 11.8 Å². The summed E-state index contributed by atoms with van der Waals surface area (Å²) < 4.78 is 19.7. The number of fused-ring (bicyclic) bond motifs is 2. The molecule has 0 fully saturated rings. The molecule has 0 saturated heterocycles. The number of aryl methyl sites for hydroxylation is 1. The van der Waals surface area contributed by atoms with Gasteiger partial charge in [0, 0.05) is 28.8 Å². The summed E-state index contributed by atoms with van der Waals surface area (Å²) in [5.74, 6) is 1.31. The van der Waals surface area contributed by atoms with Gasteiger partial charge >= 0.3 is 0 Å². The van der Waals surface area contributed by atoms with E-state index in [-0.39, 0.29) is 5.82 Å². The van der Waals surface area contributed by atoms with Crippen molar-refractivity contribution >= 4 is 23.1 Å². The van der Waals surface area contributed by atoms with Crippen molar-refractivity contribution in [3.05, 3.63) is 53.8 Å². The van der Waals surface area contributed by atoms with Gasteiger partial charge in [-0.3, -0.25) is 0 Å². The molecule has 2 aromatic carbocycles. The van der Waals surface area contributed by atoms with Crippen LogP contribution in [0.15, 0.2) is 47.4 Å². The molecule has 4 nitrogen and oxygen atoms in total. The molecule has 0 spiro atoms. The highest BCUT2D eigenvalue weighted by atomic mass is 32.2. The van der Waals surface area contributed by atoms with Crippen molar-refractivity contribution in [3.63, 3.8) is 0 Å². The number of rotatable bonds is 2. The molecule has 1 aromatic heterocycles. The Morgan fingerprint density at radius 1 is 1.14 bits per heavy atom. The first-order valence-electron chi connectivity index (χ1n) is 9.27. The minimum absolute atomic E-state index is 0.209. The zero-order chi connectivity index (χ0) is 19.3. The Hall–Kier alpha value is -2.73. The number of ether oxygens (including phenoxy) is 1. The molecule has 3 heterocycles. The minimum Gasteiger partial charge on any atom is -0.474 e. The molecule has 0 amide bonds. The average molecular weight is 393 g/mol. The lowest BCUT2D eigenvalue weighted by Crippen LogP contribution is -2.29. The zero-order valence-electron chi connectivity index (χ0n) is 15.8. The van der Waals surface area contributed by atoms with Gasteiger partial charge < -0.3 is 15.0 Å². The summed E-state index contributed by atoms with van der Waals surface area (Å²) in [6.07, 6.45) is 0. The Morgan fingerprint density at radius 2 is 2.00 bits per heavy atom. The van der Waals surface area contributed by atoms with E-state index < -0.39 is 0 Å². The topological polar surface area (TPSA) is 37.4 Å². The Morgan fingerprint density at radius 3 is 2.86 bits per heavy atom. The predicted octanol–water partition coefficient (Wildman–Crippen LogP) is 5.17. The number of pyridine rings is 1. The SMILES string of the molecule is Cc1cc(-c2nc3c(cc2-c2ccc4c(c2)SCN4)N(C)CCO3)ccc1F. The van der Waals surface area contributed by atoms with E-state index in [9.17, 15) is 4.39 Å². The van der Waals surface area contributed by atoms with Crippen LogP contribution in [0.1, 0.15) is 5.56 Å². The number of thioether (sulfide) groups is 1. The van der Waals surface area contributed by atoms with Gasteiger partial charge in [-0.1, -0.05) is 6.07 Å². The Kier molecular flexibility index (Phi) is 4.16. The second-order valence-corrected chi connectivity index (χ2v) is 8.14. The summed E-state index contributed by atoms with van der Waals surface area (Å²) in [5.41, 5.74) is 6.58. The number of nitrogens with zero attached hydrogens (tertiary/aromatic N) is 2. The third-order valence-corrected chi connectivity index (χ3v) is 6.20.